The van der Waals surface area contributed by atoms with Gasteiger partial charge in [-0.1, -0.05) is 38.5 Å². The zero-order chi connectivity index (χ0) is 17.9. The number of rotatable bonds is 12. The van der Waals surface area contributed by atoms with E-state index in [4.69, 9.17) is 9.47 Å². The minimum atomic E-state index is -0.267. The second kappa shape index (κ2) is 11.0. The summed E-state index contributed by atoms with van der Waals surface area (Å²) < 4.78 is 22.1. The summed E-state index contributed by atoms with van der Waals surface area (Å²) in [6.45, 7) is 1.45. The molecule has 0 spiro atoms. The molecule has 136 valence electrons. The number of methoxy groups -OCH3 is 2. The van der Waals surface area contributed by atoms with Crippen LogP contribution in [0.1, 0.15) is 64.7 Å². The van der Waals surface area contributed by atoms with Crippen molar-refractivity contribution in [3.63, 3.8) is 0 Å². The van der Waals surface area contributed by atoms with Gasteiger partial charge in [-0.05, 0) is 26.2 Å². The van der Waals surface area contributed by atoms with Crippen molar-refractivity contribution < 1.29 is 23.5 Å². The molecular weight excluding hydrogens is 311 g/mol. The average Bonchev–Trinajstić information content (AvgIpc) is 2.58. The van der Waals surface area contributed by atoms with Crippen LogP contribution in [-0.2, 0) is 19.1 Å². The molecule has 0 heterocycles. The molecule has 0 atom stereocenters. The number of alkyl halides is 1. The van der Waals surface area contributed by atoms with Gasteiger partial charge in [0, 0.05) is 11.1 Å². The van der Waals surface area contributed by atoms with Crippen LogP contribution in [0, 0.1) is 0 Å². The second-order valence-electron chi connectivity index (χ2n) is 6.10. The number of allylic oxidation sites excluding steroid dienone is 2. The van der Waals surface area contributed by atoms with Crippen LogP contribution in [0.5, 0.6) is 0 Å². The average molecular weight is 340 g/mol. The van der Waals surface area contributed by atoms with Crippen molar-refractivity contribution >= 4 is 11.6 Å². The summed E-state index contributed by atoms with van der Waals surface area (Å²) in [6.07, 6.45) is 8.56. The van der Waals surface area contributed by atoms with Gasteiger partial charge >= 0.3 is 0 Å². The molecule has 4 nitrogen and oxygen atoms in total. The van der Waals surface area contributed by atoms with Crippen LogP contribution in [0.3, 0.4) is 0 Å². The van der Waals surface area contributed by atoms with Crippen LogP contribution in [0.25, 0.3) is 0 Å². The van der Waals surface area contributed by atoms with Gasteiger partial charge in [0.05, 0.1) is 20.9 Å². The van der Waals surface area contributed by atoms with Gasteiger partial charge in [-0.25, -0.2) is 0 Å². The fourth-order valence-corrected chi connectivity index (χ4v) is 2.95. The van der Waals surface area contributed by atoms with Gasteiger partial charge in [0.15, 0.2) is 0 Å². The molecule has 1 aliphatic rings. The lowest BCUT2D eigenvalue weighted by Crippen LogP contribution is -2.25. The first-order valence-electron chi connectivity index (χ1n) is 8.75. The summed E-state index contributed by atoms with van der Waals surface area (Å²) in [5.41, 5.74) is 1.00. The molecule has 1 rings (SSSR count). The van der Waals surface area contributed by atoms with Crippen LogP contribution >= 0.6 is 0 Å². The Kier molecular flexibility index (Phi) is 9.35. The largest absolute Gasteiger partial charge is 0.489 e. The molecule has 0 aliphatic heterocycles. The van der Waals surface area contributed by atoms with Gasteiger partial charge in [-0.3, -0.25) is 14.0 Å². The Morgan fingerprint density at radius 3 is 1.71 bits per heavy atom. The standard InChI is InChI=1S/C19H29FO4/c1-14-15(12-10-8-6-4-5-7-9-11-13-20)17(22)19(24-3)18(23-2)16(14)21/h4-13H2,1-3H3. The van der Waals surface area contributed by atoms with E-state index in [-0.39, 0.29) is 29.8 Å². The highest BCUT2D eigenvalue weighted by atomic mass is 19.1. The SMILES string of the molecule is COC1=C(OC)C(=O)C(CCCCCCCCCCF)=C(C)C1=O. The molecule has 0 unspecified atom stereocenters. The number of hydrogen-bond donors (Lipinski definition) is 0. The summed E-state index contributed by atoms with van der Waals surface area (Å²) in [5, 5.41) is 0. The third-order valence-corrected chi connectivity index (χ3v) is 4.40. The Morgan fingerprint density at radius 1 is 0.750 bits per heavy atom. The number of ether oxygens (including phenoxy) is 2. The van der Waals surface area contributed by atoms with Gasteiger partial charge in [-0.2, -0.15) is 0 Å². The van der Waals surface area contributed by atoms with E-state index in [2.05, 4.69) is 0 Å². The topological polar surface area (TPSA) is 52.6 Å². The highest BCUT2D eigenvalue weighted by Crippen LogP contribution is 2.28. The van der Waals surface area contributed by atoms with Crippen LogP contribution in [0.2, 0.25) is 0 Å². The Bertz CT molecular complexity index is 505. The molecule has 0 saturated heterocycles. The highest BCUT2D eigenvalue weighted by Gasteiger charge is 2.34. The van der Waals surface area contributed by atoms with Gasteiger partial charge in [0.1, 0.15) is 0 Å². The third kappa shape index (κ3) is 5.46. The molecule has 0 aromatic carbocycles. The van der Waals surface area contributed by atoms with E-state index in [0.29, 0.717) is 24.0 Å². The van der Waals surface area contributed by atoms with Crippen molar-refractivity contribution in [3.05, 3.63) is 22.7 Å². The minimum Gasteiger partial charge on any atom is -0.489 e. The van der Waals surface area contributed by atoms with Crippen molar-refractivity contribution in [2.45, 2.75) is 64.7 Å². The van der Waals surface area contributed by atoms with Crippen molar-refractivity contribution in [1.82, 2.24) is 0 Å². The lowest BCUT2D eigenvalue weighted by atomic mass is 9.89. The monoisotopic (exact) mass is 340 g/mol. The van der Waals surface area contributed by atoms with E-state index in [1.165, 1.54) is 14.2 Å². The minimum absolute atomic E-state index is 0.00275. The van der Waals surface area contributed by atoms with E-state index < -0.39 is 0 Å². The smallest absolute Gasteiger partial charge is 0.228 e. The van der Waals surface area contributed by atoms with Gasteiger partial charge in [0.2, 0.25) is 23.1 Å². The molecule has 1 aliphatic carbocycles. The molecule has 0 aromatic heterocycles. The number of carbonyl (C=O) groups is 2. The van der Waals surface area contributed by atoms with E-state index in [0.717, 1.165) is 44.9 Å². The first kappa shape index (κ1) is 20.4. The number of hydrogen-bond acceptors (Lipinski definition) is 4. The summed E-state index contributed by atoms with van der Waals surface area (Å²) in [4.78, 5) is 24.7. The van der Waals surface area contributed by atoms with Gasteiger partial charge in [0.25, 0.3) is 0 Å². The third-order valence-electron chi connectivity index (χ3n) is 4.40. The number of unbranched alkanes of at least 4 members (excludes halogenated alkanes) is 7. The normalized spacial score (nSPS) is 15.3. The molecule has 0 bridgehead atoms. The van der Waals surface area contributed by atoms with Gasteiger partial charge in [-0.15, -0.1) is 0 Å². The Hall–Kier alpha value is -1.65. The predicted molar refractivity (Wildman–Crippen MR) is 91.3 cm³/mol. The maximum absolute atomic E-state index is 12.4. The molecule has 24 heavy (non-hydrogen) atoms. The van der Waals surface area contributed by atoms with Gasteiger partial charge < -0.3 is 9.47 Å². The number of ketones is 2. The highest BCUT2D eigenvalue weighted by molar-refractivity contribution is 6.23. The van der Waals surface area contributed by atoms with E-state index in [1.807, 2.05) is 0 Å². The lowest BCUT2D eigenvalue weighted by molar-refractivity contribution is -0.121. The number of carbonyl (C=O) groups excluding carboxylic acids is 2. The van der Waals surface area contributed by atoms with Crippen molar-refractivity contribution in [1.29, 1.82) is 0 Å². The summed E-state index contributed by atoms with van der Waals surface area (Å²) >= 11 is 0. The van der Waals surface area contributed by atoms with Crippen LogP contribution in [0.15, 0.2) is 22.7 Å². The fourth-order valence-electron chi connectivity index (χ4n) is 2.95. The quantitative estimate of drug-likeness (QED) is 0.389. The molecule has 0 saturated carbocycles. The van der Waals surface area contributed by atoms with Crippen molar-refractivity contribution in [2.24, 2.45) is 0 Å². The first-order chi connectivity index (χ1) is 11.6. The maximum Gasteiger partial charge on any atom is 0.228 e. The number of halogens is 1. The first-order valence-corrected chi connectivity index (χ1v) is 8.75. The van der Waals surface area contributed by atoms with Crippen LogP contribution in [-0.4, -0.2) is 32.5 Å². The van der Waals surface area contributed by atoms with Crippen LogP contribution in [0.4, 0.5) is 4.39 Å². The number of Topliss-reactive ketones (excluding diaryl/α,β-unsaturated/α-hetero) is 2. The van der Waals surface area contributed by atoms with E-state index in [9.17, 15) is 14.0 Å². The van der Waals surface area contributed by atoms with E-state index >= 15 is 0 Å². The Labute approximate surface area is 144 Å². The Morgan fingerprint density at radius 2 is 1.21 bits per heavy atom. The molecule has 0 N–H and O–H groups in total. The van der Waals surface area contributed by atoms with E-state index in [1.54, 1.807) is 6.92 Å². The molecular formula is C19H29FO4. The second-order valence-corrected chi connectivity index (χ2v) is 6.10. The summed E-state index contributed by atoms with van der Waals surface area (Å²) in [7, 11) is 2.74. The molecule has 5 heteroatoms. The maximum atomic E-state index is 12.4. The zero-order valence-corrected chi connectivity index (χ0v) is 15.1. The zero-order valence-electron chi connectivity index (χ0n) is 15.1. The summed E-state index contributed by atoms with van der Waals surface area (Å²) in [5.74, 6) is -0.498. The van der Waals surface area contributed by atoms with Crippen molar-refractivity contribution in [3.8, 4) is 0 Å². The predicted octanol–water partition coefficient (Wildman–Crippen LogP) is 4.44. The molecule has 0 aromatic rings. The molecule has 0 amide bonds. The molecule has 0 fully saturated rings. The lowest BCUT2D eigenvalue weighted by Gasteiger charge is -2.20. The summed E-state index contributed by atoms with van der Waals surface area (Å²) in [6, 6.07) is 0. The molecule has 0 radical (unpaired) electrons. The fraction of sp³-hybridized carbons (Fsp3) is 0.684. The van der Waals surface area contributed by atoms with Crippen LogP contribution < -0.4 is 0 Å². The van der Waals surface area contributed by atoms with Crippen molar-refractivity contribution in [2.75, 3.05) is 20.9 Å². The Balaban J connectivity index is 2.41.